The van der Waals surface area contributed by atoms with Gasteiger partial charge in [-0.05, 0) is 51.6 Å². The number of nitrogens with zero attached hydrogens (tertiary/aromatic N) is 3. The van der Waals surface area contributed by atoms with Gasteiger partial charge in [0, 0.05) is 37.9 Å². The fourth-order valence-electron chi connectivity index (χ4n) is 3.68. The van der Waals surface area contributed by atoms with Crippen molar-refractivity contribution >= 4 is 5.91 Å². The average molecular weight is 319 g/mol. The van der Waals surface area contributed by atoms with E-state index in [0.717, 1.165) is 45.6 Å². The van der Waals surface area contributed by atoms with Gasteiger partial charge in [-0.15, -0.1) is 0 Å². The molecule has 2 unspecified atom stereocenters. The lowest BCUT2D eigenvalue weighted by atomic mass is 9.97. The molecule has 0 bridgehead atoms. The first kappa shape index (κ1) is 16.5. The van der Waals surface area contributed by atoms with Crippen molar-refractivity contribution in [1.82, 2.24) is 25.3 Å². The molecule has 2 aliphatic rings. The van der Waals surface area contributed by atoms with E-state index >= 15 is 0 Å². The van der Waals surface area contributed by atoms with Gasteiger partial charge < -0.3 is 10.6 Å². The zero-order valence-electron chi connectivity index (χ0n) is 14.3. The molecule has 0 radical (unpaired) electrons. The van der Waals surface area contributed by atoms with E-state index in [2.05, 4.69) is 27.6 Å². The van der Waals surface area contributed by atoms with Crippen LogP contribution in [0.15, 0.2) is 6.20 Å². The Morgan fingerprint density at radius 2 is 2.30 bits per heavy atom. The van der Waals surface area contributed by atoms with E-state index in [1.54, 1.807) is 0 Å². The number of rotatable bonds is 5. The van der Waals surface area contributed by atoms with Gasteiger partial charge in [-0.2, -0.15) is 5.10 Å². The number of piperidine rings is 1. The third-order valence-corrected chi connectivity index (χ3v) is 5.28. The number of likely N-dealkylation sites (tertiary alicyclic amines) is 1. The van der Waals surface area contributed by atoms with Gasteiger partial charge >= 0.3 is 0 Å². The van der Waals surface area contributed by atoms with Crippen LogP contribution in [0.4, 0.5) is 0 Å². The van der Waals surface area contributed by atoms with E-state index < -0.39 is 0 Å². The smallest absolute Gasteiger partial charge is 0.237 e. The Morgan fingerprint density at radius 3 is 3.00 bits per heavy atom. The second kappa shape index (κ2) is 7.45. The standard InChI is InChI=1S/C17H29N5O/c1-13-15(10-20-21(13)2)12-22-8-4-5-14(11-22)9-19-17(23)16-6-3-7-18-16/h10,14,16,18H,3-9,11-12H2,1-2H3,(H,19,23). The number of amides is 1. The summed E-state index contributed by atoms with van der Waals surface area (Å²) >= 11 is 0. The molecule has 23 heavy (non-hydrogen) atoms. The zero-order chi connectivity index (χ0) is 16.2. The van der Waals surface area contributed by atoms with Crippen LogP contribution >= 0.6 is 0 Å². The maximum Gasteiger partial charge on any atom is 0.237 e. The van der Waals surface area contributed by atoms with Crippen LogP contribution in [-0.2, 0) is 18.4 Å². The van der Waals surface area contributed by atoms with Crippen LogP contribution in [0.3, 0.4) is 0 Å². The van der Waals surface area contributed by atoms with Crippen molar-refractivity contribution in [1.29, 1.82) is 0 Å². The maximum atomic E-state index is 12.1. The van der Waals surface area contributed by atoms with Gasteiger partial charge in [0.2, 0.25) is 5.91 Å². The normalized spacial score (nSPS) is 25.7. The topological polar surface area (TPSA) is 62.2 Å². The number of carbonyl (C=O) groups excluding carboxylic acids is 1. The highest BCUT2D eigenvalue weighted by Gasteiger charge is 2.25. The molecule has 2 fully saturated rings. The van der Waals surface area contributed by atoms with E-state index in [0.29, 0.717) is 5.92 Å². The summed E-state index contributed by atoms with van der Waals surface area (Å²) in [7, 11) is 1.99. The summed E-state index contributed by atoms with van der Waals surface area (Å²) in [4.78, 5) is 14.6. The Balaban J connectivity index is 1.46. The number of hydrogen-bond acceptors (Lipinski definition) is 4. The predicted molar refractivity (Wildman–Crippen MR) is 90.0 cm³/mol. The summed E-state index contributed by atoms with van der Waals surface area (Å²) in [5.74, 6) is 0.744. The molecule has 0 spiro atoms. The van der Waals surface area contributed by atoms with E-state index in [-0.39, 0.29) is 11.9 Å². The monoisotopic (exact) mass is 319 g/mol. The highest BCUT2D eigenvalue weighted by atomic mass is 16.2. The number of carbonyl (C=O) groups is 1. The Bertz CT molecular complexity index is 535. The van der Waals surface area contributed by atoms with Crippen LogP contribution in [0.5, 0.6) is 0 Å². The van der Waals surface area contributed by atoms with E-state index in [1.165, 1.54) is 24.1 Å². The maximum absolute atomic E-state index is 12.1. The molecule has 1 aromatic rings. The van der Waals surface area contributed by atoms with Crippen LogP contribution in [0.2, 0.25) is 0 Å². The number of nitrogens with one attached hydrogen (secondary N) is 2. The molecule has 3 rings (SSSR count). The molecule has 2 atom stereocenters. The van der Waals surface area contributed by atoms with Crippen molar-refractivity contribution in [2.75, 3.05) is 26.2 Å². The molecule has 3 heterocycles. The molecule has 1 aromatic heterocycles. The lowest BCUT2D eigenvalue weighted by Gasteiger charge is -2.33. The second-order valence-electron chi connectivity index (χ2n) is 7.02. The molecular formula is C17H29N5O. The molecule has 6 heteroatoms. The lowest BCUT2D eigenvalue weighted by Crippen LogP contribution is -2.45. The largest absolute Gasteiger partial charge is 0.354 e. The quantitative estimate of drug-likeness (QED) is 0.843. The van der Waals surface area contributed by atoms with E-state index in [4.69, 9.17) is 0 Å². The SMILES string of the molecule is Cc1c(CN2CCCC(CNC(=O)C3CCCN3)C2)cnn1C. The Morgan fingerprint density at radius 1 is 1.43 bits per heavy atom. The highest BCUT2D eigenvalue weighted by molar-refractivity contribution is 5.81. The minimum atomic E-state index is 0.0349. The first-order chi connectivity index (χ1) is 11.1. The summed E-state index contributed by atoms with van der Waals surface area (Å²) in [6.07, 6.45) is 6.48. The first-order valence-electron chi connectivity index (χ1n) is 8.84. The average Bonchev–Trinajstić information content (AvgIpc) is 3.19. The fraction of sp³-hybridized carbons (Fsp3) is 0.765. The minimum Gasteiger partial charge on any atom is -0.354 e. The van der Waals surface area contributed by atoms with E-state index in [9.17, 15) is 4.79 Å². The molecule has 2 aliphatic heterocycles. The van der Waals surface area contributed by atoms with Gasteiger partial charge in [-0.25, -0.2) is 0 Å². The van der Waals surface area contributed by atoms with Crippen LogP contribution in [-0.4, -0.2) is 52.8 Å². The van der Waals surface area contributed by atoms with Crippen molar-refractivity contribution < 1.29 is 4.79 Å². The van der Waals surface area contributed by atoms with Gasteiger partial charge in [-0.1, -0.05) is 0 Å². The summed E-state index contributed by atoms with van der Waals surface area (Å²) in [5.41, 5.74) is 2.56. The van der Waals surface area contributed by atoms with Gasteiger partial charge in [0.05, 0.1) is 12.2 Å². The summed E-state index contributed by atoms with van der Waals surface area (Å²) in [6.45, 7) is 7.07. The van der Waals surface area contributed by atoms with Crippen LogP contribution in [0, 0.1) is 12.8 Å². The molecule has 1 amide bonds. The molecule has 2 N–H and O–H groups in total. The van der Waals surface area contributed by atoms with E-state index in [1.807, 2.05) is 17.9 Å². The van der Waals surface area contributed by atoms with Crippen LogP contribution < -0.4 is 10.6 Å². The first-order valence-corrected chi connectivity index (χ1v) is 8.84. The lowest BCUT2D eigenvalue weighted by molar-refractivity contribution is -0.123. The molecule has 0 aliphatic carbocycles. The minimum absolute atomic E-state index is 0.0349. The third kappa shape index (κ3) is 4.12. The van der Waals surface area contributed by atoms with Gasteiger partial charge in [0.1, 0.15) is 0 Å². The van der Waals surface area contributed by atoms with Crippen LogP contribution in [0.25, 0.3) is 0 Å². The third-order valence-electron chi connectivity index (χ3n) is 5.28. The number of aromatic nitrogens is 2. The van der Waals surface area contributed by atoms with Crippen LogP contribution in [0.1, 0.15) is 36.9 Å². The molecule has 128 valence electrons. The summed E-state index contributed by atoms with van der Waals surface area (Å²) in [6, 6.07) is 0.0349. The Kier molecular flexibility index (Phi) is 5.33. The van der Waals surface area contributed by atoms with Gasteiger partial charge in [-0.3, -0.25) is 14.4 Å². The molecule has 2 saturated heterocycles. The van der Waals surface area contributed by atoms with Crippen molar-refractivity contribution in [2.24, 2.45) is 13.0 Å². The van der Waals surface area contributed by atoms with Gasteiger partial charge in [0.15, 0.2) is 0 Å². The van der Waals surface area contributed by atoms with Crippen molar-refractivity contribution in [3.8, 4) is 0 Å². The van der Waals surface area contributed by atoms with Crippen molar-refractivity contribution in [3.05, 3.63) is 17.5 Å². The summed E-state index contributed by atoms with van der Waals surface area (Å²) < 4.78 is 1.94. The number of hydrogen-bond donors (Lipinski definition) is 2. The molecule has 0 saturated carbocycles. The van der Waals surface area contributed by atoms with Crippen molar-refractivity contribution in [3.63, 3.8) is 0 Å². The Hall–Kier alpha value is -1.40. The molecule has 6 nitrogen and oxygen atoms in total. The summed E-state index contributed by atoms with van der Waals surface area (Å²) in [5, 5.41) is 10.7. The second-order valence-corrected chi connectivity index (χ2v) is 7.02. The number of aryl methyl sites for hydroxylation is 1. The van der Waals surface area contributed by atoms with Gasteiger partial charge in [0.25, 0.3) is 0 Å². The molecular weight excluding hydrogens is 290 g/mol. The fourth-order valence-corrected chi connectivity index (χ4v) is 3.68. The zero-order valence-corrected chi connectivity index (χ0v) is 14.3. The highest BCUT2D eigenvalue weighted by Crippen LogP contribution is 2.19. The van der Waals surface area contributed by atoms with Crippen molar-refractivity contribution in [2.45, 2.75) is 45.2 Å². The molecule has 0 aromatic carbocycles. The predicted octanol–water partition coefficient (Wildman–Crippen LogP) is 0.809. The Labute approximate surface area is 138 Å².